The van der Waals surface area contributed by atoms with E-state index in [0.29, 0.717) is 6.42 Å². The Labute approximate surface area is 57.6 Å². The second kappa shape index (κ2) is 3.12. The third kappa shape index (κ3) is 1.66. The minimum Gasteiger partial charge on any atom is -0.396 e. The highest BCUT2D eigenvalue weighted by molar-refractivity contribution is 5.01. The first-order valence-electron chi connectivity index (χ1n) is 2.97. The monoisotopic (exact) mass is 140 g/mol. The molecule has 54 valence electrons. The zero-order chi connectivity index (χ0) is 7.40. The molecule has 2 N–H and O–H groups in total. The van der Waals surface area contributed by atoms with E-state index in [2.05, 4.69) is 9.97 Å². The van der Waals surface area contributed by atoms with E-state index in [9.17, 15) is 4.79 Å². The smallest absolute Gasteiger partial charge is 0.344 e. The van der Waals surface area contributed by atoms with Gasteiger partial charge in [0.15, 0.2) is 0 Å². The van der Waals surface area contributed by atoms with Gasteiger partial charge in [-0.25, -0.2) is 9.78 Å². The molecular weight excluding hydrogens is 132 g/mol. The second-order valence-electron chi connectivity index (χ2n) is 1.90. The van der Waals surface area contributed by atoms with Crippen LogP contribution in [0.25, 0.3) is 0 Å². The molecule has 0 radical (unpaired) electrons. The van der Waals surface area contributed by atoms with Gasteiger partial charge in [0.25, 0.3) is 0 Å². The standard InChI is InChI=1S/C6H8N2O2/c9-2-1-5-3-7-6(10)8-4-5/h3-4,9H,1-2H2,(H,7,8,10). The van der Waals surface area contributed by atoms with Crippen molar-refractivity contribution in [3.8, 4) is 0 Å². The van der Waals surface area contributed by atoms with E-state index < -0.39 is 0 Å². The van der Waals surface area contributed by atoms with Crippen molar-refractivity contribution < 1.29 is 5.11 Å². The second-order valence-corrected chi connectivity index (χ2v) is 1.90. The van der Waals surface area contributed by atoms with Gasteiger partial charge in [-0.3, -0.25) is 0 Å². The van der Waals surface area contributed by atoms with Gasteiger partial charge in [-0.2, -0.15) is 0 Å². The van der Waals surface area contributed by atoms with Crippen LogP contribution in [-0.2, 0) is 6.42 Å². The van der Waals surface area contributed by atoms with Crippen LogP contribution in [0.1, 0.15) is 5.56 Å². The van der Waals surface area contributed by atoms with Crippen LogP contribution in [0.4, 0.5) is 0 Å². The highest BCUT2D eigenvalue weighted by Gasteiger charge is 1.89. The number of nitrogens with zero attached hydrogens (tertiary/aromatic N) is 1. The molecule has 1 aromatic rings. The lowest BCUT2D eigenvalue weighted by atomic mass is 10.3. The van der Waals surface area contributed by atoms with Gasteiger partial charge in [0.2, 0.25) is 0 Å². The molecule has 0 aliphatic rings. The first-order chi connectivity index (χ1) is 4.83. The summed E-state index contributed by atoms with van der Waals surface area (Å²) >= 11 is 0. The van der Waals surface area contributed by atoms with Crippen molar-refractivity contribution in [2.75, 3.05) is 6.61 Å². The van der Waals surface area contributed by atoms with Crippen molar-refractivity contribution in [2.24, 2.45) is 0 Å². The molecule has 0 saturated carbocycles. The molecule has 10 heavy (non-hydrogen) atoms. The van der Waals surface area contributed by atoms with Crippen molar-refractivity contribution in [3.05, 3.63) is 28.4 Å². The highest BCUT2D eigenvalue weighted by Crippen LogP contribution is 1.89. The van der Waals surface area contributed by atoms with Crippen LogP contribution in [0.3, 0.4) is 0 Å². The zero-order valence-electron chi connectivity index (χ0n) is 5.37. The molecule has 0 aliphatic carbocycles. The van der Waals surface area contributed by atoms with Crippen molar-refractivity contribution >= 4 is 0 Å². The lowest BCUT2D eigenvalue weighted by Gasteiger charge is -1.92. The van der Waals surface area contributed by atoms with Gasteiger partial charge >= 0.3 is 5.69 Å². The van der Waals surface area contributed by atoms with Gasteiger partial charge in [0.1, 0.15) is 0 Å². The fourth-order valence-electron chi connectivity index (χ4n) is 0.636. The van der Waals surface area contributed by atoms with Crippen LogP contribution in [0.5, 0.6) is 0 Å². The van der Waals surface area contributed by atoms with Gasteiger partial charge in [0.05, 0.1) is 0 Å². The van der Waals surface area contributed by atoms with E-state index in [0.717, 1.165) is 5.56 Å². The molecule has 1 aromatic heterocycles. The Morgan fingerprint density at radius 2 is 2.50 bits per heavy atom. The number of aliphatic hydroxyl groups is 1. The normalized spacial score (nSPS) is 9.70. The van der Waals surface area contributed by atoms with Crippen molar-refractivity contribution in [2.45, 2.75) is 6.42 Å². The van der Waals surface area contributed by atoms with Crippen LogP contribution < -0.4 is 5.69 Å². The fraction of sp³-hybridized carbons (Fsp3) is 0.333. The average molecular weight is 140 g/mol. The summed E-state index contributed by atoms with van der Waals surface area (Å²) in [5.74, 6) is 0. The van der Waals surface area contributed by atoms with Crippen LogP contribution >= 0.6 is 0 Å². The predicted octanol–water partition coefficient (Wildman–Crippen LogP) is -0.695. The predicted molar refractivity (Wildman–Crippen MR) is 35.6 cm³/mol. The first kappa shape index (κ1) is 6.95. The fourth-order valence-corrected chi connectivity index (χ4v) is 0.636. The van der Waals surface area contributed by atoms with Crippen LogP contribution in [0.15, 0.2) is 17.2 Å². The van der Waals surface area contributed by atoms with Crippen molar-refractivity contribution in [1.29, 1.82) is 0 Å². The van der Waals surface area contributed by atoms with Gasteiger partial charge in [-0.05, 0) is 12.0 Å². The number of nitrogens with one attached hydrogen (secondary N) is 1. The van der Waals surface area contributed by atoms with E-state index in [1.807, 2.05) is 0 Å². The number of aromatic nitrogens is 2. The molecule has 0 atom stereocenters. The number of hydrogen-bond donors (Lipinski definition) is 2. The van der Waals surface area contributed by atoms with Gasteiger partial charge in [-0.1, -0.05) is 0 Å². The quantitative estimate of drug-likeness (QED) is 0.571. The molecule has 4 heteroatoms. The minimum absolute atomic E-state index is 0.0771. The topological polar surface area (TPSA) is 66.0 Å². The highest BCUT2D eigenvalue weighted by atomic mass is 16.3. The van der Waals surface area contributed by atoms with Crippen LogP contribution in [0, 0.1) is 0 Å². The Kier molecular flexibility index (Phi) is 2.17. The van der Waals surface area contributed by atoms with Gasteiger partial charge in [-0.15, -0.1) is 0 Å². The molecule has 0 unspecified atom stereocenters. The molecule has 0 amide bonds. The zero-order valence-corrected chi connectivity index (χ0v) is 5.37. The van der Waals surface area contributed by atoms with E-state index >= 15 is 0 Å². The largest absolute Gasteiger partial charge is 0.396 e. The maximum Gasteiger partial charge on any atom is 0.344 e. The summed E-state index contributed by atoms with van der Waals surface area (Å²) in [6.45, 7) is 0.0771. The van der Waals surface area contributed by atoms with E-state index in [1.54, 1.807) is 6.20 Å². The summed E-state index contributed by atoms with van der Waals surface area (Å²) in [5.41, 5.74) is 0.476. The number of aliphatic hydroxyl groups excluding tert-OH is 1. The van der Waals surface area contributed by atoms with Crippen molar-refractivity contribution in [3.63, 3.8) is 0 Å². The Bertz CT molecular complexity index is 236. The molecule has 1 rings (SSSR count). The molecule has 1 heterocycles. The van der Waals surface area contributed by atoms with Gasteiger partial charge < -0.3 is 10.1 Å². The Morgan fingerprint density at radius 1 is 1.70 bits per heavy atom. The SMILES string of the molecule is O=c1ncc(CCO)c[nH]1. The van der Waals surface area contributed by atoms with E-state index in [1.165, 1.54) is 6.20 Å². The number of hydrogen-bond acceptors (Lipinski definition) is 3. The Morgan fingerprint density at radius 3 is 3.00 bits per heavy atom. The lowest BCUT2D eigenvalue weighted by molar-refractivity contribution is 0.299. The Hall–Kier alpha value is -1.16. The van der Waals surface area contributed by atoms with Crippen molar-refractivity contribution in [1.82, 2.24) is 9.97 Å². The van der Waals surface area contributed by atoms with Crippen LogP contribution in [-0.4, -0.2) is 21.7 Å². The van der Waals surface area contributed by atoms with Crippen LogP contribution in [0.2, 0.25) is 0 Å². The third-order valence-corrected chi connectivity index (χ3v) is 1.13. The molecule has 0 aliphatic heterocycles. The number of H-pyrrole nitrogens is 1. The molecule has 0 saturated heterocycles. The lowest BCUT2D eigenvalue weighted by Crippen LogP contribution is -2.09. The summed E-state index contributed by atoms with van der Waals surface area (Å²) in [7, 11) is 0. The Balaban J connectivity index is 2.79. The van der Waals surface area contributed by atoms with Gasteiger partial charge in [0, 0.05) is 19.0 Å². The third-order valence-electron chi connectivity index (χ3n) is 1.13. The molecule has 0 spiro atoms. The summed E-state index contributed by atoms with van der Waals surface area (Å²) in [6, 6.07) is 0. The summed E-state index contributed by atoms with van der Waals surface area (Å²) in [5, 5.41) is 8.47. The number of aromatic amines is 1. The minimum atomic E-state index is -0.360. The first-order valence-corrected chi connectivity index (χ1v) is 2.97. The summed E-state index contributed by atoms with van der Waals surface area (Å²) < 4.78 is 0. The summed E-state index contributed by atoms with van der Waals surface area (Å²) in [4.78, 5) is 16.3. The summed E-state index contributed by atoms with van der Waals surface area (Å²) in [6.07, 6.45) is 3.53. The maximum atomic E-state index is 10.4. The van der Waals surface area contributed by atoms with E-state index in [4.69, 9.17) is 5.11 Å². The molecule has 0 bridgehead atoms. The molecule has 4 nitrogen and oxygen atoms in total. The van der Waals surface area contributed by atoms with E-state index in [-0.39, 0.29) is 12.3 Å². The molecule has 0 fully saturated rings. The maximum absolute atomic E-state index is 10.4. The molecule has 0 aromatic carbocycles. The number of rotatable bonds is 2. The average Bonchev–Trinajstić information content (AvgIpc) is 1.95. The molecular formula is C6H8N2O2.